The summed E-state index contributed by atoms with van der Waals surface area (Å²) in [7, 11) is -5.01. The van der Waals surface area contributed by atoms with Crippen LogP contribution in [0.15, 0.2) is 6.20 Å². The number of nitrogens with one attached hydrogen (secondary N) is 1. The van der Waals surface area contributed by atoms with Crippen molar-refractivity contribution in [3.05, 3.63) is 11.5 Å². The number of hydrogen-bond donors (Lipinski definition) is 6. The van der Waals surface area contributed by atoms with Gasteiger partial charge < -0.3 is 44.6 Å². The van der Waals surface area contributed by atoms with E-state index in [2.05, 4.69) is 20.4 Å². The molecule has 2 saturated carbocycles. The van der Waals surface area contributed by atoms with Crippen molar-refractivity contribution in [3.63, 3.8) is 0 Å². The van der Waals surface area contributed by atoms with Gasteiger partial charge >= 0.3 is 7.60 Å². The fourth-order valence-electron chi connectivity index (χ4n) is 4.83. The summed E-state index contributed by atoms with van der Waals surface area (Å²) in [5, 5.41) is 37.2. The van der Waals surface area contributed by atoms with E-state index in [1.807, 2.05) is 0 Å². The number of aliphatic hydroxyl groups is 3. The van der Waals surface area contributed by atoms with Crippen LogP contribution in [0.4, 0.5) is 5.82 Å². The van der Waals surface area contributed by atoms with Crippen LogP contribution in [0.2, 0.25) is 5.28 Å². The van der Waals surface area contributed by atoms with Gasteiger partial charge in [-0.1, -0.05) is 12.8 Å². The van der Waals surface area contributed by atoms with Gasteiger partial charge in [-0.2, -0.15) is 15.1 Å². The summed E-state index contributed by atoms with van der Waals surface area (Å²) in [6.45, 7) is -1.82. The molecular weight excluding hydrogens is 545 g/mol. The highest BCUT2D eigenvalue weighted by molar-refractivity contribution is 7.53. The number of fused-ring (bicyclic) bond motifs is 1. The molecule has 2 aliphatic carbocycles. The van der Waals surface area contributed by atoms with Crippen LogP contribution in [0.5, 0.6) is 0 Å². The highest BCUT2D eigenvalue weighted by Gasteiger charge is 2.51. The molecule has 16 heteroatoms. The van der Waals surface area contributed by atoms with E-state index >= 15 is 0 Å². The van der Waals surface area contributed by atoms with Gasteiger partial charge in [-0.05, 0) is 43.2 Å². The molecule has 3 fully saturated rings. The topological polar surface area (TPSA) is 202 Å². The minimum atomic E-state index is -5.01. The number of hydrogen-bond acceptors (Lipinski definition) is 11. The van der Waals surface area contributed by atoms with Crippen molar-refractivity contribution in [1.82, 2.24) is 19.7 Å². The van der Waals surface area contributed by atoms with Gasteiger partial charge in [0.1, 0.15) is 24.1 Å². The van der Waals surface area contributed by atoms with Gasteiger partial charge in [-0.25, -0.2) is 4.68 Å². The molecule has 1 saturated heterocycles. The van der Waals surface area contributed by atoms with E-state index in [0.717, 1.165) is 38.5 Å². The van der Waals surface area contributed by atoms with Crippen molar-refractivity contribution in [2.75, 3.05) is 31.7 Å². The highest BCUT2D eigenvalue weighted by Crippen LogP contribution is 2.52. The molecule has 2 aromatic heterocycles. The zero-order valence-electron chi connectivity index (χ0n) is 20.6. The maximum atomic E-state index is 12.2. The zero-order valence-corrected chi connectivity index (χ0v) is 22.2. The van der Waals surface area contributed by atoms with Crippen LogP contribution in [0.25, 0.3) is 11.0 Å². The van der Waals surface area contributed by atoms with Gasteiger partial charge in [0.15, 0.2) is 11.9 Å². The Hall–Kier alpha value is -1.45. The van der Waals surface area contributed by atoms with E-state index in [0.29, 0.717) is 23.7 Å². The van der Waals surface area contributed by atoms with Crippen molar-refractivity contribution in [3.8, 4) is 0 Å². The fourth-order valence-corrected chi connectivity index (χ4v) is 5.68. The molecule has 1 aliphatic heterocycles. The summed E-state index contributed by atoms with van der Waals surface area (Å²) in [6, 6.07) is 0.248. The minimum absolute atomic E-state index is 0.0340. The van der Waals surface area contributed by atoms with Gasteiger partial charge in [0.2, 0.25) is 10.6 Å². The van der Waals surface area contributed by atoms with E-state index in [-0.39, 0.29) is 17.0 Å². The second-order valence-corrected chi connectivity index (χ2v) is 12.5. The van der Waals surface area contributed by atoms with E-state index in [1.54, 1.807) is 0 Å². The first-order valence-corrected chi connectivity index (χ1v) is 14.7. The Morgan fingerprint density at radius 1 is 1.16 bits per heavy atom. The third-order valence-electron chi connectivity index (χ3n) is 7.37. The van der Waals surface area contributed by atoms with E-state index in [1.165, 1.54) is 10.9 Å². The molecule has 0 spiro atoms. The maximum Gasteiger partial charge on any atom is 0.361 e. The predicted molar refractivity (Wildman–Crippen MR) is 133 cm³/mol. The Morgan fingerprint density at radius 3 is 2.55 bits per heavy atom. The van der Waals surface area contributed by atoms with Gasteiger partial charge in [0, 0.05) is 12.6 Å². The van der Waals surface area contributed by atoms with E-state index < -0.39 is 57.3 Å². The first-order chi connectivity index (χ1) is 18.1. The molecule has 212 valence electrons. The summed E-state index contributed by atoms with van der Waals surface area (Å²) in [4.78, 5) is 28.4. The lowest BCUT2D eigenvalue weighted by Gasteiger charge is -2.33. The molecule has 5 rings (SSSR count). The summed E-state index contributed by atoms with van der Waals surface area (Å²) in [5.74, 6) is 0.834. The number of anilines is 1. The Morgan fingerprint density at radius 2 is 1.89 bits per heavy atom. The second kappa shape index (κ2) is 11.2. The molecule has 6 N–H and O–H groups in total. The van der Waals surface area contributed by atoms with Gasteiger partial charge in [-0.3, -0.25) is 4.57 Å². The third-order valence-corrected chi connectivity index (χ3v) is 9.00. The molecule has 1 unspecified atom stereocenters. The summed E-state index contributed by atoms with van der Waals surface area (Å²) >= 11 is 6.18. The number of rotatable bonds is 12. The number of ether oxygens (including phenoxy) is 3. The van der Waals surface area contributed by atoms with Crippen molar-refractivity contribution >= 4 is 36.0 Å². The monoisotopic (exact) mass is 577 g/mol. The van der Waals surface area contributed by atoms with Gasteiger partial charge in [-0.15, -0.1) is 0 Å². The molecule has 0 bridgehead atoms. The number of nitrogens with zero attached hydrogens (tertiary/aromatic N) is 4. The number of aliphatic hydroxyl groups excluding tert-OH is 3. The summed E-state index contributed by atoms with van der Waals surface area (Å²) in [5.41, 5.74) is 0.275. The molecular formula is C22H33ClN5O9P. The molecule has 38 heavy (non-hydrogen) atoms. The van der Waals surface area contributed by atoms with Gasteiger partial charge in [0.05, 0.1) is 31.4 Å². The Bertz CT molecular complexity index is 1170. The SMILES string of the molecule is O=P(O)(O)[C@@](CO)(COCC1CC1)OCC1O[C@@H](n2ncc3c(NC4CCCC4)nc(Cl)nc32)[C@H](O)[C@@H]1O. The Kier molecular flexibility index (Phi) is 8.28. The van der Waals surface area contributed by atoms with Crippen LogP contribution >= 0.6 is 19.2 Å². The van der Waals surface area contributed by atoms with Crippen molar-refractivity contribution in [2.45, 2.75) is 74.4 Å². The van der Waals surface area contributed by atoms with Crippen molar-refractivity contribution in [1.29, 1.82) is 0 Å². The quantitative estimate of drug-likeness (QED) is 0.153. The van der Waals surface area contributed by atoms with Crippen LogP contribution in [-0.2, 0) is 18.8 Å². The first-order valence-electron chi connectivity index (χ1n) is 12.7. The average Bonchev–Trinajstić information content (AvgIpc) is 3.24. The normalized spacial score (nSPS) is 28.3. The molecule has 0 radical (unpaired) electrons. The molecule has 0 amide bonds. The lowest BCUT2D eigenvalue weighted by molar-refractivity contribution is -0.130. The maximum absolute atomic E-state index is 12.2. The number of aromatic nitrogens is 4. The average molecular weight is 578 g/mol. The number of halogens is 1. The molecule has 14 nitrogen and oxygen atoms in total. The van der Waals surface area contributed by atoms with Crippen LogP contribution in [0, 0.1) is 5.92 Å². The Balaban J connectivity index is 1.32. The van der Waals surface area contributed by atoms with Crippen LogP contribution < -0.4 is 5.32 Å². The Labute approximate surface area is 223 Å². The molecule has 2 aromatic rings. The first kappa shape index (κ1) is 28.1. The lowest BCUT2D eigenvalue weighted by atomic mass is 10.1. The van der Waals surface area contributed by atoms with E-state index in [4.69, 9.17) is 25.8 Å². The summed E-state index contributed by atoms with van der Waals surface area (Å²) in [6.07, 6.45) is 2.33. The van der Waals surface area contributed by atoms with Crippen LogP contribution in [-0.4, -0.2) is 101 Å². The summed E-state index contributed by atoms with van der Waals surface area (Å²) < 4.78 is 30.3. The van der Waals surface area contributed by atoms with Crippen molar-refractivity contribution in [2.24, 2.45) is 5.92 Å². The van der Waals surface area contributed by atoms with Crippen LogP contribution in [0.1, 0.15) is 44.8 Å². The standard InChI is InChI=1S/C22H33ClN5O9P/c23-21-26-18(25-13-3-1-2-4-13)14-7-24-28(19(14)27-21)20-17(31)16(30)15(37-20)9-36-22(10-29,38(32,33)34)11-35-8-12-5-6-12/h7,12-13,15-17,20,29-31H,1-6,8-11H2,(H,25,26,27)(H2,32,33,34)/t15?,16-,17-,20-,22+/m1/s1. The fraction of sp³-hybridized carbons (Fsp3) is 0.773. The predicted octanol–water partition coefficient (Wildman–Crippen LogP) is 0.763. The molecule has 5 atom stereocenters. The minimum Gasteiger partial charge on any atom is -0.393 e. The molecule has 0 aromatic carbocycles. The molecule has 3 aliphatic rings. The van der Waals surface area contributed by atoms with E-state index in [9.17, 15) is 29.7 Å². The molecule has 3 heterocycles. The third kappa shape index (κ3) is 5.71. The zero-order chi connectivity index (χ0) is 27.1. The second-order valence-electron chi connectivity index (χ2n) is 10.3. The lowest BCUT2D eigenvalue weighted by Crippen LogP contribution is -2.45. The highest BCUT2D eigenvalue weighted by atomic mass is 35.5. The van der Waals surface area contributed by atoms with Crippen LogP contribution in [0.3, 0.4) is 0 Å². The van der Waals surface area contributed by atoms with Gasteiger partial charge in [0.25, 0.3) is 0 Å². The smallest absolute Gasteiger partial charge is 0.361 e. The van der Waals surface area contributed by atoms with Crippen molar-refractivity contribution < 1.29 is 43.9 Å². The largest absolute Gasteiger partial charge is 0.393 e.